The zero-order chi connectivity index (χ0) is 26.1. The lowest BCUT2D eigenvalue weighted by atomic mass is 9.78. The van der Waals surface area contributed by atoms with E-state index in [9.17, 15) is 14.7 Å². The van der Waals surface area contributed by atoms with Crippen molar-refractivity contribution in [3.63, 3.8) is 0 Å². The highest BCUT2D eigenvalue weighted by molar-refractivity contribution is 6.62. The topological polar surface area (TPSA) is 94.1 Å². The molecule has 7 nitrogen and oxygen atoms in total. The first kappa shape index (κ1) is 27.1. The summed E-state index contributed by atoms with van der Waals surface area (Å²) in [4.78, 5) is 25.0. The maximum absolute atomic E-state index is 12.6. The van der Waals surface area contributed by atoms with Gasteiger partial charge in [0.2, 0.25) is 0 Å². The van der Waals surface area contributed by atoms with E-state index >= 15 is 0 Å². The summed E-state index contributed by atoms with van der Waals surface area (Å²) in [7, 11) is -0.456. The molecule has 1 aromatic carbocycles. The molecule has 2 aliphatic rings. The van der Waals surface area contributed by atoms with Crippen molar-refractivity contribution in [2.45, 2.75) is 103 Å². The Labute approximate surface area is 209 Å². The minimum atomic E-state index is -1.49. The van der Waals surface area contributed by atoms with Crippen LogP contribution < -0.4 is 10.8 Å². The summed E-state index contributed by atoms with van der Waals surface area (Å²) in [5.41, 5.74) is -1.42. The Kier molecular flexibility index (Phi) is 7.64. The van der Waals surface area contributed by atoms with E-state index < -0.39 is 41.5 Å². The number of hydrogen-bond donors (Lipinski definition) is 2. The fourth-order valence-electron chi connectivity index (χ4n) is 4.49. The van der Waals surface area contributed by atoms with E-state index in [4.69, 9.17) is 14.0 Å². The number of aliphatic carboxylic acids is 1. The minimum Gasteiger partial charge on any atom is -0.479 e. The van der Waals surface area contributed by atoms with Gasteiger partial charge in [-0.3, -0.25) is 0 Å². The molecule has 1 amide bonds. The summed E-state index contributed by atoms with van der Waals surface area (Å²) in [6.07, 6.45) is 2.58. The molecule has 1 heterocycles. The van der Waals surface area contributed by atoms with Gasteiger partial charge in [0.1, 0.15) is 5.60 Å². The Hall–Kier alpha value is -2.50. The molecule has 2 N–H and O–H groups in total. The van der Waals surface area contributed by atoms with E-state index in [1.165, 1.54) is 0 Å². The van der Waals surface area contributed by atoms with Crippen LogP contribution in [0.25, 0.3) is 0 Å². The van der Waals surface area contributed by atoms with Crippen LogP contribution in [0.4, 0.5) is 4.79 Å². The summed E-state index contributed by atoms with van der Waals surface area (Å²) in [5, 5.41) is 12.9. The van der Waals surface area contributed by atoms with Crippen molar-refractivity contribution in [1.82, 2.24) is 5.32 Å². The SMILES string of the molecule is CC(C)(C)OC(=O)N[C@](CC#Cc1ccc(B2OC(C)(C)C(C)(C)O2)cc1)(C(=O)O)C1CCCC1. The van der Waals surface area contributed by atoms with E-state index in [1.54, 1.807) is 20.8 Å². The number of alkyl carbamates (subject to hydrolysis) is 1. The maximum atomic E-state index is 12.6. The van der Waals surface area contributed by atoms with E-state index in [0.29, 0.717) is 0 Å². The van der Waals surface area contributed by atoms with E-state index in [-0.39, 0.29) is 12.3 Å². The fourth-order valence-corrected chi connectivity index (χ4v) is 4.49. The number of carboxylic acids is 1. The summed E-state index contributed by atoms with van der Waals surface area (Å²) >= 11 is 0. The zero-order valence-corrected chi connectivity index (χ0v) is 22.0. The predicted octanol–water partition coefficient (Wildman–Crippen LogP) is 4.27. The molecule has 1 atom stereocenters. The second kappa shape index (κ2) is 9.87. The fraction of sp³-hybridized carbons (Fsp3) is 0.630. The molecule has 190 valence electrons. The molecule has 0 unspecified atom stereocenters. The van der Waals surface area contributed by atoms with Crippen molar-refractivity contribution in [2.24, 2.45) is 5.92 Å². The summed E-state index contributed by atoms with van der Waals surface area (Å²) in [6.45, 7) is 13.3. The number of nitrogens with one attached hydrogen (secondary N) is 1. The molecule has 1 saturated carbocycles. The average molecular weight is 483 g/mol. The van der Waals surface area contributed by atoms with Gasteiger partial charge in [-0.05, 0) is 84.8 Å². The smallest absolute Gasteiger partial charge is 0.479 e. The van der Waals surface area contributed by atoms with Crippen LogP contribution >= 0.6 is 0 Å². The molecule has 0 radical (unpaired) electrons. The number of carboxylic acid groups (broad SMARTS) is 1. The third kappa shape index (κ3) is 6.20. The van der Waals surface area contributed by atoms with Gasteiger partial charge in [-0.15, -0.1) is 0 Å². The number of carbonyl (C=O) groups excluding carboxylic acids is 1. The first-order valence-electron chi connectivity index (χ1n) is 12.3. The van der Waals surface area contributed by atoms with Crippen LogP contribution in [0.2, 0.25) is 0 Å². The summed E-state index contributed by atoms with van der Waals surface area (Å²) in [6, 6.07) is 7.55. The van der Waals surface area contributed by atoms with Gasteiger partial charge in [-0.25, -0.2) is 9.59 Å². The monoisotopic (exact) mass is 483 g/mol. The quantitative estimate of drug-likeness (QED) is 0.480. The summed E-state index contributed by atoms with van der Waals surface area (Å²) < 4.78 is 17.6. The number of benzene rings is 1. The molecule has 1 aliphatic carbocycles. The normalized spacial score (nSPS) is 21.1. The van der Waals surface area contributed by atoms with Crippen LogP contribution in [0, 0.1) is 17.8 Å². The lowest BCUT2D eigenvalue weighted by Crippen LogP contribution is -2.59. The van der Waals surface area contributed by atoms with Crippen molar-refractivity contribution in [1.29, 1.82) is 0 Å². The highest BCUT2D eigenvalue weighted by atomic mass is 16.7. The Morgan fingerprint density at radius 1 is 1.09 bits per heavy atom. The van der Waals surface area contributed by atoms with Gasteiger partial charge in [-0.2, -0.15) is 0 Å². The molecule has 2 fully saturated rings. The van der Waals surface area contributed by atoms with Gasteiger partial charge in [0.25, 0.3) is 0 Å². The van der Waals surface area contributed by atoms with E-state index in [1.807, 2.05) is 52.0 Å². The van der Waals surface area contributed by atoms with Crippen LogP contribution in [0.1, 0.15) is 86.1 Å². The Morgan fingerprint density at radius 2 is 1.63 bits per heavy atom. The number of hydrogen-bond acceptors (Lipinski definition) is 5. The molecule has 8 heteroatoms. The third-order valence-corrected chi connectivity index (χ3v) is 7.19. The predicted molar refractivity (Wildman–Crippen MR) is 135 cm³/mol. The van der Waals surface area contributed by atoms with E-state index in [0.717, 1.165) is 36.7 Å². The van der Waals surface area contributed by atoms with Gasteiger partial charge < -0.3 is 24.5 Å². The molecular formula is C27H38BNO6. The van der Waals surface area contributed by atoms with Gasteiger partial charge >= 0.3 is 19.2 Å². The number of amides is 1. The zero-order valence-electron chi connectivity index (χ0n) is 22.0. The molecule has 1 saturated heterocycles. The van der Waals surface area contributed by atoms with Crippen molar-refractivity contribution in [2.75, 3.05) is 0 Å². The van der Waals surface area contributed by atoms with Crippen molar-refractivity contribution < 1.29 is 28.7 Å². The molecule has 1 aliphatic heterocycles. The number of carbonyl (C=O) groups is 2. The number of ether oxygens (including phenoxy) is 1. The highest BCUT2D eigenvalue weighted by Gasteiger charge is 2.52. The van der Waals surface area contributed by atoms with Crippen LogP contribution in [0.5, 0.6) is 0 Å². The molecule has 35 heavy (non-hydrogen) atoms. The second-order valence-corrected chi connectivity index (χ2v) is 11.6. The minimum absolute atomic E-state index is 0.00871. The van der Waals surface area contributed by atoms with Crippen LogP contribution in [-0.2, 0) is 18.8 Å². The highest BCUT2D eigenvalue weighted by Crippen LogP contribution is 2.37. The van der Waals surface area contributed by atoms with Crippen LogP contribution in [-0.4, -0.2) is 46.6 Å². The van der Waals surface area contributed by atoms with Crippen molar-refractivity contribution in [3.05, 3.63) is 29.8 Å². The maximum Gasteiger partial charge on any atom is 0.494 e. The van der Waals surface area contributed by atoms with Gasteiger partial charge in [0.05, 0.1) is 11.2 Å². The summed E-state index contributed by atoms with van der Waals surface area (Å²) in [5.74, 6) is 4.80. The molecule has 0 bridgehead atoms. The lowest BCUT2D eigenvalue weighted by Gasteiger charge is -2.35. The number of rotatable bonds is 5. The average Bonchev–Trinajstić information content (AvgIpc) is 3.32. The molecule has 0 spiro atoms. The largest absolute Gasteiger partial charge is 0.494 e. The standard InChI is InChI=1S/C27H38BNO6/c1-24(2,3)33-23(32)29-27(22(30)31,20-12-8-9-13-20)18-10-11-19-14-16-21(17-15-19)28-34-25(4,5)26(6,7)35-28/h14-17,20H,8-9,12-13,18H2,1-7H3,(H,29,32)(H,30,31)/t27-/m0/s1. The molecule has 1 aromatic rings. The molecular weight excluding hydrogens is 445 g/mol. The second-order valence-electron chi connectivity index (χ2n) is 11.6. The van der Waals surface area contributed by atoms with Crippen LogP contribution in [0.15, 0.2) is 24.3 Å². The first-order valence-corrected chi connectivity index (χ1v) is 12.3. The van der Waals surface area contributed by atoms with Crippen LogP contribution in [0.3, 0.4) is 0 Å². The molecule has 3 rings (SSSR count). The Balaban J connectivity index is 1.77. The Bertz CT molecular complexity index is 979. The third-order valence-electron chi connectivity index (χ3n) is 7.19. The van der Waals surface area contributed by atoms with Gasteiger partial charge in [-0.1, -0.05) is 36.8 Å². The first-order chi connectivity index (χ1) is 16.2. The molecule has 0 aromatic heterocycles. The van der Waals surface area contributed by atoms with Crippen molar-refractivity contribution >= 4 is 24.6 Å². The lowest BCUT2D eigenvalue weighted by molar-refractivity contribution is -0.147. The van der Waals surface area contributed by atoms with Gasteiger partial charge in [0.15, 0.2) is 5.54 Å². The van der Waals surface area contributed by atoms with Crippen molar-refractivity contribution in [3.8, 4) is 11.8 Å². The van der Waals surface area contributed by atoms with E-state index in [2.05, 4.69) is 17.2 Å². The Morgan fingerprint density at radius 3 is 2.11 bits per heavy atom. The van der Waals surface area contributed by atoms with Gasteiger partial charge in [0, 0.05) is 12.0 Å².